The van der Waals surface area contributed by atoms with Crippen LogP contribution in [0.2, 0.25) is 0 Å². The number of nitrogens with one attached hydrogen (secondary N) is 1. The van der Waals surface area contributed by atoms with Crippen LogP contribution in [-0.2, 0) is 4.74 Å². The van der Waals surface area contributed by atoms with Gasteiger partial charge in [-0.25, -0.2) is 0 Å². The molecular formula is C16H34N2O. The van der Waals surface area contributed by atoms with Crippen LogP contribution in [0.3, 0.4) is 0 Å². The Kier molecular flexibility index (Phi) is 7.33. The van der Waals surface area contributed by atoms with Crippen LogP contribution in [0.25, 0.3) is 0 Å². The predicted molar refractivity (Wildman–Crippen MR) is 82.5 cm³/mol. The molecule has 1 aliphatic rings. The van der Waals surface area contributed by atoms with Crippen molar-refractivity contribution in [3.63, 3.8) is 0 Å². The minimum absolute atomic E-state index is 0.340. The highest BCUT2D eigenvalue weighted by Gasteiger charge is 2.29. The lowest BCUT2D eigenvalue weighted by atomic mass is 9.95. The van der Waals surface area contributed by atoms with Gasteiger partial charge in [0, 0.05) is 31.7 Å². The Morgan fingerprint density at radius 3 is 2.37 bits per heavy atom. The first kappa shape index (κ1) is 16.9. The Hall–Kier alpha value is -0.120. The number of rotatable bonds is 7. The first-order chi connectivity index (χ1) is 8.90. The van der Waals surface area contributed by atoms with Gasteiger partial charge in [0.15, 0.2) is 0 Å². The maximum atomic E-state index is 5.73. The third-order valence-electron chi connectivity index (χ3n) is 3.94. The predicted octanol–water partition coefficient (Wildman–Crippen LogP) is 2.76. The van der Waals surface area contributed by atoms with Crippen molar-refractivity contribution in [2.24, 2.45) is 11.8 Å². The summed E-state index contributed by atoms with van der Waals surface area (Å²) in [7, 11) is 0. The van der Waals surface area contributed by atoms with Crippen molar-refractivity contribution < 1.29 is 4.74 Å². The third-order valence-corrected chi connectivity index (χ3v) is 3.94. The lowest BCUT2D eigenvalue weighted by molar-refractivity contribution is 0.0286. The summed E-state index contributed by atoms with van der Waals surface area (Å²) in [5.41, 5.74) is 0. The molecule has 0 aliphatic carbocycles. The Bertz CT molecular complexity index is 241. The summed E-state index contributed by atoms with van der Waals surface area (Å²) in [6.45, 7) is 17.7. The topological polar surface area (TPSA) is 24.5 Å². The van der Waals surface area contributed by atoms with E-state index in [0.717, 1.165) is 32.2 Å². The highest BCUT2D eigenvalue weighted by atomic mass is 16.5. The minimum atomic E-state index is 0.340. The second kappa shape index (κ2) is 8.23. The van der Waals surface area contributed by atoms with Gasteiger partial charge < -0.3 is 10.1 Å². The molecule has 0 aromatic heterocycles. The van der Waals surface area contributed by atoms with E-state index in [1.807, 2.05) is 0 Å². The van der Waals surface area contributed by atoms with Crippen LogP contribution in [0, 0.1) is 11.8 Å². The summed E-state index contributed by atoms with van der Waals surface area (Å²) >= 11 is 0. The summed E-state index contributed by atoms with van der Waals surface area (Å²) < 4.78 is 5.73. The van der Waals surface area contributed by atoms with E-state index in [1.165, 1.54) is 6.42 Å². The number of hydrogen-bond donors (Lipinski definition) is 1. The zero-order valence-corrected chi connectivity index (χ0v) is 13.8. The molecule has 0 spiro atoms. The summed E-state index contributed by atoms with van der Waals surface area (Å²) in [6.07, 6.45) is 1.62. The lowest BCUT2D eigenvalue weighted by Crippen LogP contribution is -2.58. The molecule has 3 heteroatoms. The summed E-state index contributed by atoms with van der Waals surface area (Å²) in [4.78, 5) is 2.64. The van der Waals surface area contributed by atoms with Crippen molar-refractivity contribution in [2.75, 3.05) is 26.2 Å². The van der Waals surface area contributed by atoms with E-state index in [2.05, 4.69) is 51.8 Å². The molecule has 1 heterocycles. The smallest absolute Gasteiger partial charge is 0.0597 e. The van der Waals surface area contributed by atoms with Gasteiger partial charge in [0.2, 0.25) is 0 Å². The SMILES string of the molecule is CC(C)CC1CNC(C(C)C)CN1CCOC(C)C. The van der Waals surface area contributed by atoms with Crippen LogP contribution in [0.15, 0.2) is 0 Å². The lowest BCUT2D eigenvalue weighted by Gasteiger charge is -2.42. The molecule has 0 radical (unpaired) electrons. The molecule has 1 rings (SSSR count). The molecule has 1 saturated heterocycles. The molecular weight excluding hydrogens is 236 g/mol. The molecule has 1 N–H and O–H groups in total. The van der Waals surface area contributed by atoms with E-state index in [9.17, 15) is 0 Å². The van der Waals surface area contributed by atoms with Crippen LogP contribution >= 0.6 is 0 Å². The van der Waals surface area contributed by atoms with Gasteiger partial charge in [-0.1, -0.05) is 27.7 Å². The highest BCUT2D eigenvalue weighted by molar-refractivity contribution is 4.88. The molecule has 1 fully saturated rings. The van der Waals surface area contributed by atoms with E-state index in [4.69, 9.17) is 4.74 Å². The molecule has 1 aliphatic heterocycles. The molecule has 0 aromatic rings. The maximum Gasteiger partial charge on any atom is 0.0597 e. The highest BCUT2D eigenvalue weighted by Crippen LogP contribution is 2.18. The Morgan fingerprint density at radius 2 is 1.84 bits per heavy atom. The van der Waals surface area contributed by atoms with E-state index >= 15 is 0 Å². The number of nitrogens with zero attached hydrogens (tertiary/aromatic N) is 1. The monoisotopic (exact) mass is 270 g/mol. The van der Waals surface area contributed by atoms with Gasteiger partial charge in [0.25, 0.3) is 0 Å². The normalized spacial score (nSPS) is 25.7. The Morgan fingerprint density at radius 1 is 1.16 bits per heavy atom. The average molecular weight is 270 g/mol. The second-order valence-corrected chi connectivity index (χ2v) is 6.96. The zero-order valence-electron chi connectivity index (χ0n) is 13.8. The molecule has 19 heavy (non-hydrogen) atoms. The van der Waals surface area contributed by atoms with Gasteiger partial charge in [0.05, 0.1) is 12.7 Å². The van der Waals surface area contributed by atoms with E-state index < -0.39 is 0 Å². The molecule has 114 valence electrons. The summed E-state index contributed by atoms with van der Waals surface area (Å²) in [5, 5.41) is 3.72. The van der Waals surface area contributed by atoms with Crippen molar-refractivity contribution in [1.82, 2.24) is 10.2 Å². The standard InChI is InChI=1S/C16H34N2O/c1-12(2)9-15-10-17-16(13(3)4)11-18(15)7-8-19-14(5)6/h12-17H,7-11H2,1-6H3. The van der Waals surface area contributed by atoms with Crippen LogP contribution in [0.5, 0.6) is 0 Å². The van der Waals surface area contributed by atoms with E-state index in [-0.39, 0.29) is 0 Å². The van der Waals surface area contributed by atoms with Gasteiger partial charge in [-0.05, 0) is 32.1 Å². The van der Waals surface area contributed by atoms with Crippen molar-refractivity contribution >= 4 is 0 Å². The number of hydrogen-bond acceptors (Lipinski definition) is 3. The van der Waals surface area contributed by atoms with Crippen molar-refractivity contribution in [3.8, 4) is 0 Å². The van der Waals surface area contributed by atoms with Gasteiger partial charge >= 0.3 is 0 Å². The van der Waals surface area contributed by atoms with Crippen molar-refractivity contribution in [3.05, 3.63) is 0 Å². The zero-order chi connectivity index (χ0) is 14.4. The van der Waals surface area contributed by atoms with Crippen molar-refractivity contribution in [1.29, 1.82) is 0 Å². The van der Waals surface area contributed by atoms with E-state index in [0.29, 0.717) is 24.1 Å². The molecule has 0 bridgehead atoms. The number of piperazine rings is 1. The summed E-state index contributed by atoms with van der Waals surface area (Å²) in [5.74, 6) is 1.46. The fraction of sp³-hybridized carbons (Fsp3) is 1.00. The third kappa shape index (κ3) is 6.24. The average Bonchev–Trinajstić information content (AvgIpc) is 2.29. The molecule has 0 saturated carbocycles. The van der Waals surface area contributed by atoms with Crippen molar-refractivity contribution in [2.45, 2.75) is 66.2 Å². The van der Waals surface area contributed by atoms with Gasteiger partial charge in [0.1, 0.15) is 0 Å². The van der Waals surface area contributed by atoms with Crippen LogP contribution in [0.1, 0.15) is 48.0 Å². The molecule has 3 nitrogen and oxygen atoms in total. The van der Waals surface area contributed by atoms with Crippen LogP contribution in [0.4, 0.5) is 0 Å². The van der Waals surface area contributed by atoms with Crippen LogP contribution in [-0.4, -0.2) is 49.3 Å². The number of ether oxygens (including phenoxy) is 1. The van der Waals surface area contributed by atoms with Crippen LogP contribution < -0.4 is 5.32 Å². The molecule has 0 aromatic carbocycles. The molecule has 2 unspecified atom stereocenters. The molecule has 0 amide bonds. The first-order valence-electron chi connectivity index (χ1n) is 7.99. The molecule has 2 atom stereocenters. The van der Waals surface area contributed by atoms with E-state index in [1.54, 1.807) is 0 Å². The van der Waals surface area contributed by atoms with Gasteiger partial charge in [-0.15, -0.1) is 0 Å². The minimum Gasteiger partial charge on any atom is -0.377 e. The Balaban J connectivity index is 2.49. The van der Waals surface area contributed by atoms with Gasteiger partial charge in [-0.2, -0.15) is 0 Å². The largest absolute Gasteiger partial charge is 0.377 e. The Labute approximate surface area is 120 Å². The second-order valence-electron chi connectivity index (χ2n) is 6.96. The summed E-state index contributed by atoms with van der Waals surface area (Å²) in [6, 6.07) is 1.30. The fourth-order valence-corrected chi connectivity index (χ4v) is 2.79. The maximum absolute atomic E-state index is 5.73. The van der Waals surface area contributed by atoms with Gasteiger partial charge in [-0.3, -0.25) is 4.90 Å². The quantitative estimate of drug-likeness (QED) is 0.770. The fourth-order valence-electron chi connectivity index (χ4n) is 2.79. The first-order valence-corrected chi connectivity index (χ1v) is 7.99.